The monoisotopic (exact) mass is 733 g/mol. The van der Waals surface area contributed by atoms with Gasteiger partial charge < -0.3 is 4.42 Å². The number of para-hydroxylation sites is 1. The molecule has 4 nitrogen and oxygen atoms in total. The van der Waals surface area contributed by atoms with E-state index in [0.29, 0.717) is 5.82 Å². The second kappa shape index (κ2) is 13.3. The van der Waals surface area contributed by atoms with Crippen LogP contribution in [0, 0.1) is 0 Å². The zero-order valence-electron chi connectivity index (χ0n) is 30.1. The average Bonchev–Trinajstić information content (AvgIpc) is 3.85. The third-order valence-corrected chi connectivity index (χ3v) is 11.8. The number of hydrogen-bond acceptors (Lipinski definition) is 5. The molecule has 11 rings (SSSR count). The van der Waals surface area contributed by atoms with Crippen molar-refractivity contribution in [1.29, 1.82) is 0 Å². The van der Waals surface area contributed by atoms with E-state index < -0.39 is 0 Å². The summed E-state index contributed by atoms with van der Waals surface area (Å²) in [5.74, 6) is 0.683. The highest BCUT2D eigenvalue weighted by Gasteiger charge is 2.19. The van der Waals surface area contributed by atoms with E-state index >= 15 is 0 Å². The number of furan rings is 1. The van der Waals surface area contributed by atoms with E-state index in [1.807, 2.05) is 47.9 Å². The number of rotatable bonds is 6. The van der Waals surface area contributed by atoms with Crippen molar-refractivity contribution in [2.45, 2.75) is 0 Å². The van der Waals surface area contributed by atoms with E-state index in [1.54, 1.807) is 6.20 Å². The number of fused-ring (bicyclic) bond motifs is 6. The fourth-order valence-corrected chi connectivity index (χ4v) is 9.01. The molecule has 0 N–H and O–H groups in total. The largest absolute Gasteiger partial charge is 0.455 e. The first-order chi connectivity index (χ1) is 27.7. The Labute approximate surface area is 327 Å². The van der Waals surface area contributed by atoms with Crippen LogP contribution in [-0.4, -0.2) is 15.0 Å². The maximum Gasteiger partial charge on any atom is 0.160 e. The van der Waals surface area contributed by atoms with Crippen LogP contribution in [0.2, 0.25) is 0 Å². The maximum absolute atomic E-state index is 6.70. The van der Waals surface area contributed by atoms with Crippen LogP contribution in [0.3, 0.4) is 0 Å². The van der Waals surface area contributed by atoms with Gasteiger partial charge in [0, 0.05) is 71.2 Å². The SMILES string of the molecule is c1ccc(-c2nc(-c3ccc(-c4ccc(-c5ccc6c(c5)sc5ccccc56)c5c4oc4ccccc45)cc3)cc(-c3cccc(-c4cccnc4)c3)n2)cc1. The Balaban J connectivity index is 1.01. The zero-order chi connectivity index (χ0) is 37.0. The summed E-state index contributed by atoms with van der Waals surface area (Å²) in [6.07, 6.45) is 3.68. The van der Waals surface area contributed by atoms with Crippen LogP contribution in [0.15, 0.2) is 193 Å². The molecular weight excluding hydrogens is 703 g/mol. The molecule has 0 aliphatic rings. The van der Waals surface area contributed by atoms with Crippen LogP contribution < -0.4 is 0 Å². The van der Waals surface area contributed by atoms with Crippen molar-refractivity contribution >= 4 is 53.4 Å². The molecule has 56 heavy (non-hydrogen) atoms. The van der Waals surface area contributed by atoms with Crippen LogP contribution in [0.4, 0.5) is 0 Å². The minimum Gasteiger partial charge on any atom is -0.455 e. The van der Waals surface area contributed by atoms with E-state index in [4.69, 9.17) is 14.4 Å². The summed E-state index contributed by atoms with van der Waals surface area (Å²) in [4.78, 5) is 14.5. The van der Waals surface area contributed by atoms with Crippen molar-refractivity contribution in [2.24, 2.45) is 0 Å². The standard InChI is InChI=1S/C51H31N3OS/c1-2-10-34(11-3-1)51-53-44(30-45(54-51)37-13-8-12-35(28-37)38-14-9-27-52-31-38)33-21-19-32(20-22-33)40-26-25-39(49-43-16-4-6-17-46(43)55-50(40)49)36-23-24-42-41-15-5-7-18-47(41)56-48(42)29-36/h1-31H. The van der Waals surface area contributed by atoms with Gasteiger partial charge in [0.2, 0.25) is 0 Å². The van der Waals surface area contributed by atoms with E-state index in [9.17, 15) is 0 Å². The molecule has 0 aliphatic heterocycles. The quantitative estimate of drug-likeness (QED) is 0.171. The van der Waals surface area contributed by atoms with Crippen molar-refractivity contribution in [3.8, 4) is 67.3 Å². The summed E-state index contributed by atoms with van der Waals surface area (Å²) in [6.45, 7) is 0. The first-order valence-electron chi connectivity index (χ1n) is 18.7. The van der Waals surface area contributed by atoms with Crippen molar-refractivity contribution in [3.05, 3.63) is 188 Å². The minimum atomic E-state index is 0.683. The molecule has 0 atom stereocenters. The van der Waals surface area contributed by atoms with E-state index in [0.717, 1.165) is 72.3 Å². The number of pyridine rings is 1. The first-order valence-corrected chi connectivity index (χ1v) is 19.5. The van der Waals surface area contributed by atoms with Crippen molar-refractivity contribution < 1.29 is 4.42 Å². The molecule has 0 saturated carbocycles. The van der Waals surface area contributed by atoms with Gasteiger partial charge in [-0.3, -0.25) is 4.98 Å². The first kappa shape index (κ1) is 32.2. The highest BCUT2D eigenvalue weighted by molar-refractivity contribution is 7.25. The molecule has 0 radical (unpaired) electrons. The van der Waals surface area contributed by atoms with Crippen molar-refractivity contribution in [3.63, 3.8) is 0 Å². The lowest BCUT2D eigenvalue weighted by Crippen LogP contribution is -1.96. The Morgan fingerprint density at radius 1 is 0.411 bits per heavy atom. The fourth-order valence-electron chi connectivity index (χ4n) is 7.86. The minimum absolute atomic E-state index is 0.683. The van der Waals surface area contributed by atoms with Crippen LogP contribution in [0.5, 0.6) is 0 Å². The predicted molar refractivity (Wildman–Crippen MR) is 233 cm³/mol. The second-order valence-corrected chi connectivity index (χ2v) is 15.1. The van der Waals surface area contributed by atoms with Gasteiger partial charge in [0.05, 0.1) is 11.4 Å². The van der Waals surface area contributed by atoms with Gasteiger partial charge in [-0.25, -0.2) is 9.97 Å². The molecule has 0 saturated heterocycles. The second-order valence-electron chi connectivity index (χ2n) is 14.0. The van der Waals surface area contributed by atoms with Crippen LogP contribution in [-0.2, 0) is 0 Å². The van der Waals surface area contributed by atoms with Crippen molar-refractivity contribution in [2.75, 3.05) is 0 Å². The molecular formula is C51H31N3OS. The molecule has 0 unspecified atom stereocenters. The Morgan fingerprint density at radius 2 is 1.09 bits per heavy atom. The highest BCUT2D eigenvalue weighted by atomic mass is 32.1. The Hall–Kier alpha value is -7.21. The average molecular weight is 734 g/mol. The van der Waals surface area contributed by atoms with Gasteiger partial charge in [0.15, 0.2) is 5.82 Å². The van der Waals surface area contributed by atoms with Gasteiger partial charge in [-0.1, -0.05) is 133 Å². The lowest BCUT2D eigenvalue weighted by atomic mass is 9.94. The van der Waals surface area contributed by atoms with E-state index in [2.05, 4.69) is 151 Å². The van der Waals surface area contributed by atoms with Gasteiger partial charge in [-0.15, -0.1) is 11.3 Å². The molecule has 5 heteroatoms. The van der Waals surface area contributed by atoms with Crippen LogP contribution in [0.1, 0.15) is 0 Å². The smallest absolute Gasteiger partial charge is 0.160 e. The number of hydrogen-bond donors (Lipinski definition) is 0. The molecule has 7 aromatic carbocycles. The molecule has 4 heterocycles. The highest BCUT2D eigenvalue weighted by Crippen LogP contribution is 2.44. The van der Waals surface area contributed by atoms with Crippen LogP contribution >= 0.6 is 11.3 Å². The molecule has 0 aliphatic carbocycles. The number of aromatic nitrogens is 3. The summed E-state index contributed by atoms with van der Waals surface area (Å²) in [7, 11) is 0. The topological polar surface area (TPSA) is 51.8 Å². The molecule has 0 spiro atoms. The van der Waals surface area contributed by atoms with Crippen LogP contribution in [0.25, 0.3) is 109 Å². The third kappa shape index (κ3) is 5.56. The molecule has 0 bridgehead atoms. The fraction of sp³-hybridized carbons (Fsp3) is 0. The van der Waals surface area contributed by atoms with Gasteiger partial charge in [0.25, 0.3) is 0 Å². The van der Waals surface area contributed by atoms with Crippen molar-refractivity contribution in [1.82, 2.24) is 15.0 Å². The molecule has 11 aromatic rings. The summed E-state index contributed by atoms with van der Waals surface area (Å²) in [5.41, 5.74) is 13.1. The molecule has 0 amide bonds. The number of benzene rings is 7. The summed E-state index contributed by atoms with van der Waals surface area (Å²) >= 11 is 1.84. The van der Waals surface area contributed by atoms with E-state index in [1.165, 1.54) is 31.3 Å². The Bertz CT molecular complexity index is 3240. The maximum atomic E-state index is 6.70. The lowest BCUT2D eigenvalue weighted by molar-refractivity contribution is 0.670. The summed E-state index contributed by atoms with van der Waals surface area (Å²) < 4.78 is 9.29. The normalized spacial score (nSPS) is 11.6. The van der Waals surface area contributed by atoms with E-state index in [-0.39, 0.29) is 0 Å². The molecule has 4 aromatic heterocycles. The summed E-state index contributed by atoms with van der Waals surface area (Å²) in [5, 5.41) is 4.84. The predicted octanol–water partition coefficient (Wildman–Crippen LogP) is 14.1. The number of thiophene rings is 1. The third-order valence-electron chi connectivity index (χ3n) is 10.6. The molecule has 262 valence electrons. The lowest BCUT2D eigenvalue weighted by Gasteiger charge is -2.12. The van der Waals surface area contributed by atoms with Gasteiger partial charge in [-0.2, -0.15) is 0 Å². The Kier molecular flexibility index (Phi) is 7.64. The number of nitrogens with zero attached hydrogens (tertiary/aromatic N) is 3. The van der Waals surface area contributed by atoms with Gasteiger partial charge >= 0.3 is 0 Å². The zero-order valence-corrected chi connectivity index (χ0v) is 30.9. The van der Waals surface area contributed by atoms with Gasteiger partial charge in [0.1, 0.15) is 11.2 Å². The summed E-state index contributed by atoms with van der Waals surface area (Å²) in [6, 6.07) is 61.7. The molecule has 0 fully saturated rings. The Morgan fingerprint density at radius 3 is 1.95 bits per heavy atom. The van der Waals surface area contributed by atoms with Gasteiger partial charge in [-0.05, 0) is 64.7 Å².